The van der Waals surface area contributed by atoms with Gasteiger partial charge in [-0.25, -0.2) is 9.37 Å². The first kappa shape index (κ1) is 15.3. The number of halogens is 1. The third-order valence-corrected chi connectivity index (χ3v) is 4.29. The lowest BCUT2D eigenvalue weighted by molar-refractivity contribution is 0.0945. The Morgan fingerprint density at radius 2 is 1.80 bits per heavy atom. The summed E-state index contributed by atoms with van der Waals surface area (Å²) >= 11 is 0. The van der Waals surface area contributed by atoms with E-state index < -0.39 is 0 Å². The quantitative estimate of drug-likeness (QED) is 0.755. The van der Waals surface area contributed by atoms with Gasteiger partial charge in [0.05, 0.1) is 11.3 Å². The number of aromatic nitrogens is 2. The van der Waals surface area contributed by atoms with Gasteiger partial charge in [-0.05, 0) is 41.8 Å². The zero-order valence-electron chi connectivity index (χ0n) is 13.3. The first-order chi connectivity index (χ1) is 12.1. The Hall–Kier alpha value is -3.28. The molecule has 2 aromatic heterocycles. The standard InChI is InChI=1S/C19H15FN4O/c20-14-3-1-11(2-4-14)13-7-15(18(21)24-9-13)17-8-12-5-6-22-19(25)16(12)10-23-17/h1-4,7-10H,5-6H2,(H2,21,24)(H,22,25). The molecule has 0 atom stereocenters. The zero-order valence-corrected chi connectivity index (χ0v) is 13.3. The molecule has 3 heterocycles. The second-order valence-corrected chi connectivity index (χ2v) is 5.90. The van der Waals surface area contributed by atoms with Crippen molar-refractivity contribution in [2.75, 3.05) is 12.3 Å². The largest absolute Gasteiger partial charge is 0.383 e. The Bertz CT molecular complexity index is 970. The van der Waals surface area contributed by atoms with Crippen molar-refractivity contribution in [3.05, 3.63) is 65.7 Å². The van der Waals surface area contributed by atoms with E-state index in [0.717, 1.165) is 23.1 Å². The molecule has 6 heteroatoms. The number of nitrogens with one attached hydrogen (secondary N) is 1. The van der Waals surface area contributed by atoms with E-state index in [2.05, 4.69) is 15.3 Å². The summed E-state index contributed by atoms with van der Waals surface area (Å²) in [5, 5.41) is 2.80. The number of hydrogen-bond donors (Lipinski definition) is 2. The van der Waals surface area contributed by atoms with E-state index in [0.29, 0.717) is 29.2 Å². The van der Waals surface area contributed by atoms with Crippen LogP contribution < -0.4 is 11.1 Å². The minimum absolute atomic E-state index is 0.105. The van der Waals surface area contributed by atoms with Crippen molar-refractivity contribution in [2.45, 2.75) is 6.42 Å². The fraction of sp³-hybridized carbons (Fsp3) is 0.105. The molecular weight excluding hydrogens is 319 g/mol. The average molecular weight is 334 g/mol. The minimum atomic E-state index is -0.290. The van der Waals surface area contributed by atoms with Crippen LogP contribution in [0.25, 0.3) is 22.4 Å². The number of carbonyl (C=O) groups is 1. The number of fused-ring (bicyclic) bond motifs is 1. The minimum Gasteiger partial charge on any atom is -0.383 e. The van der Waals surface area contributed by atoms with E-state index in [1.54, 1.807) is 24.5 Å². The van der Waals surface area contributed by atoms with Crippen LogP contribution in [0.4, 0.5) is 10.2 Å². The molecule has 5 nitrogen and oxygen atoms in total. The second kappa shape index (κ2) is 5.98. The number of nitrogens with zero attached hydrogens (tertiary/aromatic N) is 2. The van der Waals surface area contributed by atoms with Gasteiger partial charge in [-0.3, -0.25) is 9.78 Å². The van der Waals surface area contributed by atoms with Crippen LogP contribution in [0.15, 0.2) is 48.8 Å². The molecule has 1 aromatic carbocycles. The van der Waals surface area contributed by atoms with Gasteiger partial charge in [-0.15, -0.1) is 0 Å². The number of amides is 1. The van der Waals surface area contributed by atoms with Crippen molar-refractivity contribution in [1.29, 1.82) is 0 Å². The van der Waals surface area contributed by atoms with Crippen LogP contribution >= 0.6 is 0 Å². The normalized spacial score (nSPS) is 13.2. The van der Waals surface area contributed by atoms with Gasteiger partial charge in [0.15, 0.2) is 0 Å². The van der Waals surface area contributed by atoms with Gasteiger partial charge in [-0.2, -0.15) is 0 Å². The van der Waals surface area contributed by atoms with Gasteiger partial charge in [0.25, 0.3) is 5.91 Å². The molecule has 0 radical (unpaired) electrons. The first-order valence-electron chi connectivity index (χ1n) is 7.91. The number of anilines is 1. The molecule has 124 valence electrons. The highest BCUT2D eigenvalue weighted by atomic mass is 19.1. The molecule has 0 unspecified atom stereocenters. The number of carbonyl (C=O) groups excluding carboxylic acids is 1. The van der Waals surface area contributed by atoms with Crippen molar-refractivity contribution < 1.29 is 9.18 Å². The highest BCUT2D eigenvalue weighted by Crippen LogP contribution is 2.30. The summed E-state index contributed by atoms with van der Waals surface area (Å²) in [5.41, 5.74) is 10.6. The molecule has 0 fully saturated rings. The average Bonchev–Trinajstić information content (AvgIpc) is 2.63. The van der Waals surface area contributed by atoms with Crippen LogP contribution in [0.2, 0.25) is 0 Å². The summed E-state index contributed by atoms with van der Waals surface area (Å²) in [4.78, 5) is 20.5. The van der Waals surface area contributed by atoms with E-state index in [1.165, 1.54) is 12.1 Å². The molecule has 4 rings (SSSR count). The van der Waals surface area contributed by atoms with E-state index in [-0.39, 0.29) is 11.7 Å². The molecule has 0 saturated heterocycles. The smallest absolute Gasteiger partial charge is 0.253 e. The number of nitrogen functional groups attached to an aromatic ring is 1. The van der Waals surface area contributed by atoms with Gasteiger partial charge in [0.1, 0.15) is 11.6 Å². The van der Waals surface area contributed by atoms with E-state index >= 15 is 0 Å². The van der Waals surface area contributed by atoms with Crippen molar-refractivity contribution in [2.24, 2.45) is 0 Å². The summed E-state index contributed by atoms with van der Waals surface area (Å²) in [6.07, 6.45) is 3.97. The molecule has 0 aliphatic carbocycles. The monoisotopic (exact) mass is 334 g/mol. The summed E-state index contributed by atoms with van der Waals surface area (Å²) in [6.45, 7) is 0.610. The van der Waals surface area contributed by atoms with Gasteiger partial charge in [0.2, 0.25) is 0 Å². The zero-order chi connectivity index (χ0) is 17.4. The van der Waals surface area contributed by atoms with Crippen molar-refractivity contribution in [3.63, 3.8) is 0 Å². The number of rotatable bonds is 2. The van der Waals surface area contributed by atoms with Crippen LogP contribution in [-0.2, 0) is 6.42 Å². The molecular formula is C19H15FN4O. The Labute approximate surface area is 143 Å². The summed E-state index contributed by atoms with van der Waals surface area (Å²) in [5.74, 6) is -0.0351. The maximum atomic E-state index is 13.1. The van der Waals surface area contributed by atoms with Crippen molar-refractivity contribution >= 4 is 11.7 Å². The summed E-state index contributed by atoms with van der Waals surface area (Å²) in [6, 6.07) is 9.96. The van der Waals surface area contributed by atoms with Crippen LogP contribution in [0.5, 0.6) is 0 Å². The Kier molecular flexibility index (Phi) is 3.65. The van der Waals surface area contributed by atoms with E-state index in [4.69, 9.17) is 5.73 Å². The van der Waals surface area contributed by atoms with Crippen LogP contribution in [0.3, 0.4) is 0 Å². The molecule has 0 saturated carbocycles. The van der Waals surface area contributed by atoms with Crippen molar-refractivity contribution in [3.8, 4) is 22.4 Å². The predicted octanol–water partition coefficient (Wildman–Crippen LogP) is 2.82. The Balaban J connectivity index is 1.79. The van der Waals surface area contributed by atoms with Gasteiger partial charge in [-0.1, -0.05) is 12.1 Å². The molecule has 1 amide bonds. The molecule has 25 heavy (non-hydrogen) atoms. The van der Waals surface area contributed by atoms with Gasteiger partial charge in [0, 0.05) is 30.1 Å². The van der Waals surface area contributed by atoms with Crippen LogP contribution in [0.1, 0.15) is 15.9 Å². The Morgan fingerprint density at radius 3 is 2.60 bits per heavy atom. The third-order valence-electron chi connectivity index (χ3n) is 4.29. The number of pyridine rings is 2. The fourth-order valence-electron chi connectivity index (χ4n) is 2.94. The molecule has 1 aliphatic heterocycles. The molecule has 0 spiro atoms. The lowest BCUT2D eigenvalue weighted by Gasteiger charge is -2.17. The number of hydrogen-bond acceptors (Lipinski definition) is 4. The maximum absolute atomic E-state index is 13.1. The summed E-state index contributed by atoms with van der Waals surface area (Å²) < 4.78 is 13.1. The molecule has 0 bridgehead atoms. The van der Waals surface area contributed by atoms with Crippen molar-refractivity contribution in [1.82, 2.24) is 15.3 Å². The van der Waals surface area contributed by atoms with Gasteiger partial charge < -0.3 is 11.1 Å². The Morgan fingerprint density at radius 1 is 1.00 bits per heavy atom. The number of nitrogens with two attached hydrogens (primary N) is 1. The second-order valence-electron chi connectivity index (χ2n) is 5.90. The van der Waals surface area contributed by atoms with Crippen LogP contribution in [0, 0.1) is 5.82 Å². The molecule has 3 N–H and O–H groups in total. The first-order valence-corrected chi connectivity index (χ1v) is 7.91. The van der Waals surface area contributed by atoms with Crippen LogP contribution in [-0.4, -0.2) is 22.4 Å². The predicted molar refractivity (Wildman–Crippen MR) is 93.3 cm³/mol. The number of benzene rings is 1. The highest BCUT2D eigenvalue weighted by Gasteiger charge is 2.18. The van der Waals surface area contributed by atoms with E-state index in [9.17, 15) is 9.18 Å². The lowest BCUT2D eigenvalue weighted by Crippen LogP contribution is -2.31. The molecule has 1 aliphatic rings. The molecule has 3 aromatic rings. The maximum Gasteiger partial charge on any atom is 0.253 e. The SMILES string of the molecule is Nc1ncc(-c2ccc(F)cc2)cc1-c1cc2c(cn1)C(=O)NCC2. The summed E-state index contributed by atoms with van der Waals surface area (Å²) in [7, 11) is 0. The highest BCUT2D eigenvalue weighted by molar-refractivity contribution is 5.97. The van der Waals surface area contributed by atoms with E-state index in [1.807, 2.05) is 12.1 Å². The van der Waals surface area contributed by atoms with Gasteiger partial charge >= 0.3 is 0 Å². The third kappa shape index (κ3) is 2.82. The fourth-order valence-corrected chi connectivity index (χ4v) is 2.94. The lowest BCUT2D eigenvalue weighted by atomic mass is 9.98. The topological polar surface area (TPSA) is 80.9 Å².